The zero-order valence-corrected chi connectivity index (χ0v) is 10.6. The van der Waals surface area contributed by atoms with Gasteiger partial charge in [0.25, 0.3) is 0 Å². The van der Waals surface area contributed by atoms with Crippen LogP contribution in [0, 0.1) is 0 Å². The molecule has 0 radical (unpaired) electrons. The highest BCUT2D eigenvalue weighted by molar-refractivity contribution is 5.95. The predicted octanol–water partition coefficient (Wildman–Crippen LogP) is 1.17. The van der Waals surface area contributed by atoms with Gasteiger partial charge >= 0.3 is 11.9 Å². The van der Waals surface area contributed by atoms with Crippen LogP contribution in [0.4, 0.5) is 5.82 Å². The molecule has 0 bridgehead atoms. The standard InChI is InChI=1S/C12H16N2O4/c1-8(2)18-12(17)9-5-4-6-13-11(9)14(3)7-10(15)16/h4-6,8H,7H2,1-3H3,(H,15,16). The summed E-state index contributed by atoms with van der Waals surface area (Å²) in [6.07, 6.45) is 1.26. The molecule has 0 aliphatic carbocycles. The third kappa shape index (κ3) is 3.73. The van der Waals surface area contributed by atoms with Crippen LogP contribution in [-0.2, 0) is 9.53 Å². The maximum absolute atomic E-state index is 11.8. The van der Waals surface area contributed by atoms with Gasteiger partial charge in [0.05, 0.1) is 6.10 Å². The number of hydrogen-bond donors (Lipinski definition) is 1. The Morgan fingerprint density at radius 3 is 2.72 bits per heavy atom. The number of pyridine rings is 1. The number of carboxylic acids is 1. The molecule has 1 heterocycles. The summed E-state index contributed by atoms with van der Waals surface area (Å²) in [5.41, 5.74) is 0.259. The highest BCUT2D eigenvalue weighted by atomic mass is 16.5. The molecule has 1 N–H and O–H groups in total. The fraction of sp³-hybridized carbons (Fsp3) is 0.417. The van der Waals surface area contributed by atoms with Crippen molar-refractivity contribution in [3.8, 4) is 0 Å². The second-order valence-corrected chi connectivity index (χ2v) is 4.08. The van der Waals surface area contributed by atoms with Gasteiger partial charge < -0.3 is 14.7 Å². The number of carbonyl (C=O) groups is 2. The third-order valence-electron chi connectivity index (χ3n) is 2.08. The molecule has 6 nitrogen and oxygen atoms in total. The van der Waals surface area contributed by atoms with Gasteiger partial charge in [0, 0.05) is 13.2 Å². The highest BCUT2D eigenvalue weighted by Crippen LogP contribution is 2.17. The van der Waals surface area contributed by atoms with Crippen LogP contribution in [0.1, 0.15) is 24.2 Å². The van der Waals surface area contributed by atoms with E-state index in [1.165, 1.54) is 11.1 Å². The normalized spacial score (nSPS) is 10.2. The summed E-state index contributed by atoms with van der Waals surface area (Å²) >= 11 is 0. The summed E-state index contributed by atoms with van der Waals surface area (Å²) in [6, 6.07) is 3.17. The van der Waals surface area contributed by atoms with E-state index in [1.807, 2.05) is 0 Å². The Bertz CT molecular complexity index is 445. The molecule has 0 aliphatic heterocycles. The van der Waals surface area contributed by atoms with E-state index in [4.69, 9.17) is 9.84 Å². The molecular weight excluding hydrogens is 236 g/mol. The van der Waals surface area contributed by atoms with Gasteiger partial charge in [-0.05, 0) is 26.0 Å². The molecule has 0 amide bonds. The van der Waals surface area contributed by atoms with Gasteiger partial charge in [0.2, 0.25) is 0 Å². The first kappa shape index (κ1) is 14.0. The number of esters is 1. The minimum Gasteiger partial charge on any atom is -0.480 e. The summed E-state index contributed by atoms with van der Waals surface area (Å²) in [4.78, 5) is 27.9. The van der Waals surface area contributed by atoms with Gasteiger partial charge in [-0.25, -0.2) is 9.78 Å². The van der Waals surface area contributed by atoms with E-state index in [9.17, 15) is 9.59 Å². The molecular formula is C12H16N2O4. The van der Waals surface area contributed by atoms with E-state index in [2.05, 4.69) is 4.98 Å². The fourth-order valence-corrected chi connectivity index (χ4v) is 1.42. The summed E-state index contributed by atoms with van der Waals surface area (Å²) in [6.45, 7) is 3.25. The monoisotopic (exact) mass is 252 g/mol. The molecule has 0 unspecified atom stereocenters. The Hall–Kier alpha value is -2.11. The highest BCUT2D eigenvalue weighted by Gasteiger charge is 2.18. The van der Waals surface area contributed by atoms with Crippen LogP contribution in [0.15, 0.2) is 18.3 Å². The summed E-state index contributed by atoms with van der Waals surface area (Å²) in [5, 5.41) is 8.73. The molecule has 6 heteroatoms. The zero-order valence-electron chi connectivity index (χ0n) is 10.6. The Balaban J connectivity index is 2.98. The lowest BCUT2D eigenvalue weighted by Gasteiger charge is -2.18. The minimum absolute atomic E-state index is 0.237. The van der Waals surface area contributed by atoms with Gasteiger partial charge in [-0.3, -0.25) is 4.79 Å². The number of likely N-dealkylation sites (N-methyl/N-ethyl adjacent to an activating group) is 1. The Morgan fingerprint density at radius 2 is 2.17 bits per heavy atom. The molecule has 1 rings (SSSR count). The van der Waals surface area contributed by atoms with Gasteiger partial charge in [-0.1, -0.05) is 0 Å². The molecule has 0 fully saturated rings. The van der Waals surface area contributed by atoms with E-state index in [0.29, 0.717) is 5.82 Å². The Kier molecular flexibility index (Phi) is 4.65. The maximum Gasteiger partial charge on any atom is 0.342 e. The molecule has 0 spiro atoms. The van der Waals surface area contributed by atoms with Crippen molar-refractivity contribution in [3.05, 3.63) is 23.9 Å². The molecule has 1 aromatic heterocycles. The van der Waals surface area contributed by atoms with Crippen LogP contribution in [-0.4, -0.2) is 41.7 Å². The lowest BCUT2D eigenvalue weighted by Crippen LogP contribution is -2.28. The minimum atomic E-state index is -0.994. The lowest BCUT2D eigenvalue weighted by molar-refractivity contribution is -0.135. The Labute approximate surface area is 105 Å². The quantitative estimate of drug-likeness (QED) is 0.792. The predicted molar refractivity (Wildman–Crippen MR) is 65.7 cm³/mol. The molecule has 0 aliphatic rings. The van der Waals surface area contributed by atoms with Crippen molar-refractivity contribution in [1.29, 1.82) is 0 Å². The van der Waals surface area contributed by atoms with Crippen LogP contribution in [0.3, 0.4) is 0 Å². The van der Waals surface area contributed by atoms with Gasteiger partial charge in [0.15, 0.2) is 0 Å². The number of aliphatic carboxylic acids is 1. The third-order valence-corrected chi connectivity index (χ3v) is 2.08. The number of anilines is 1. The molecule has 0 atom stereocenters. The second kappa shape index (κ2) is 6.00. The van der Waals surface area contributed by atoms with Crippen molar-refractivity contribution in [3.63, 3.8) is 0 Å². The lowest BCUT2D eigenvalue weighted by atomic mass is 10.2. The van der Waals surface area contributed by atoms with Gasteiger partial charge in [0.1, 0.15) is 17.9 Å². The summed E-state index contributed by atoms with van der Waals surface area (Å²) in [7, 11) is 1.56. The first-order valence-electron chi connectivity index (χ1n) is 5.50. The van der Waals surface area contributed by atoms with E-state index in [0.717, 1.165) is 0 Å². The van der Waals surface area contributed by atoms with Crippen LogP contribution >= 0.6 is 0 Å². The number of ether oxygens (including phenoxy) is 1. The molecule has 1 aromatic rings. The van der Waals surface area contributed by atoms with Crippen molar-refractivity contribution in [2.24, 2.45) is 0 Å². The van der Waals surface area contributed by atoms with Crippen LogP contribution in [0.2, 0.25) is 0 Å². The molecule has 0 saturated heterocycles. The van der Waals surface area contributed by atoms with Crippen LogP contribution in [0.25, 0.3) is 0 Å². The van der Waals surface area contributed by atoms with Crippen LogP contribution in [0.5, 0.6) is 0 Å². The topological polar surface area (TPSA) is 79.7 Å². The first-order valence-corrected chi connectivity index (χ1v) is 5.50. The molecule has 0 aromatic carbocycles. The maximum atomic E-state index is 11.8. The Morgan fingerprint density at radius 1 is 1.50 bits per heavy atom. The molecule has 0 saturated carbocycles. The zero-order chi connectivity index (χ0) is 13.7. The summed E-state index contributed by atoms with van der Waals surface area (Å²) in [5.74, 6) is -1.21. The van der Waals surface area contributed by atoms with E-state index < -0.39 is 11.9 Å². The van der Waals surface area contributed by atoms with E-state index >= 15 is 0 Å². The SMILES string of the molecule is CC(C)OC(=O)c1cccnc1N(C)CC(=O)O. The number of rotatable bonds is 5. The number of carboxylic acid groups (broad SMARTS) is 1. The van der Waals surface area contributed by atoms with E-state index in [-0.39, 0.29) is 18.2 Å². The number of aromatic nitrogens is 1. The average molecular weight is 252 g/mol. The van der Waals surface area contributed by atoms with Crippen molar-refractivity contribution >= 4 is 17.8 Å². The first-order chi connectivity index (χ1) is 8.41. The smallest absolute Gasteiger partial charge is 0.342 e. The summed E-state index contributed by atoms with van der Waals surface area (Å²) < 4.78 is 5.08. The number of nitrogens with zero attached hydrogens (tertiary/aromatic N) is 2. The van der Waals surface area contributed by atoms with E-state index in [1.54, 1.807) is 33.0 Å². The number of carbonyl (C=O) groups excluding carboxylic acids is 1. The second-order valence-electron chi connectivity index (χ2n) is 4.08. The largest absolute Gasteiger partial charge is 0.480 e. The van der Waals surface area contributed by atoms with Gasteiger partial charge in [-0.15, -0.1) is 0 Å². The van der Waals surface area contributed by atoms with Gasteiger partial charge in [-0.2, -0.15) is 0 Å². The number of hydrogen-bond acceptors (Lipinski definition) is 5. The van der Waals surface area contributed by atoms with Crippen molar-refractivity contribution in [1.82, 2.24) is 4.98 Å². The fourth-order valence-electron chi connectivity index (χ4n) is 1.42. The van der Waals surface area contributed by atoms with Crippen molar-refractivity contribution in [2.45, 2.75) is 20.0 Å². The van der Waals surface area contributed by atoms with Crippen molar-refractivity contribution < 1.29 is 19.4 Å². The molecule has 18 heavy (non-hydrogen) atoms. The van der Waals surface area contributed by atoms with Crippen LogP contribution < -0.4 is 4.90 Å². The van der Waals surface area contributed by atoms with Crippen molar-refractivity contribution in [2.75, 3.05) is 18.5 Å². The average Bonchev–Trinajstić information content (AvgIpc) is 2.27. The molecule has 98 valence electrons.